The Bertz CT molecular complexity index is 559. The summed E-state index contributed by atoms with van der Waals surface area (Å²) in [5.74, 6) is -0.238. The molecule has 2 nitrogen and oxygen atoms in total. The molecule has 0 spiro atoms. The Labute approximate surface area is 119 Å². The number of hydrogen-bond donors (Lipinski definition) is 0. The first-order chi connectivity index (χ1) is 9.17. The summed E-state index contributed by atoms with van der Waals surface area (Å²) in [4.78, 5) is 4.13. The standard InChI is InChI=1S/C14H13ClF3NO/c1-13(2)7-10(8-19-12(13)15)9-3-5-11(6-4-9)20-14(16,17)18/h3-6,8H,7H2,1-2H3. The number of aliphatic imine (C=N–C) groups is 1. The SMILES string of the molecule is CC1(C)CC(c2ccc(OC(F)(F)F)cc2)=CN=C1Cl. The van der Waals surface area contributed by atoms with Crippen LogP contribution in [0.3, 0.4) is 0 Å². The molecule has 0 aromatic heterocycles. The molecule has 0 radical (unpaired) electrons. The first kappa shape index (κ1) is 14.9. The van der Waals surface area contributed by atoms with Crippen LogP contribution < -0.4 is 4.74 Å². The molecule has 0 saturated carbocycles. The van der Waals surface area contributed by atoms with Crippen LogP contribution >= 0.6 is 11.6 Å². The molecule has 0 atom stereocenters. The second-order valence-corrected chi connectivity index (χ2v) is 5.57. The average Bonchev–Trinajstić information content (AvgIpc) is 2.31. The average molecular weight is 304 g/mol. The van der Waals surface area contributed by atoms with Gasteiger partial charge in [0.1, 0.15) is 10.9 Å². The summed E-state index contributed by atoms with van der Waals surface area (Å²) in [6.45, 7) is 3.93. The van der Waals surface area contributed by atoms with Gasteiger partial charge in [-0.3, -0.25) is 0 Å². The van der Waals surface area contributed by atoms with Gasteiger partial charge in [0.15, 0.2) is 0 Å². The molecular formula is C14H13ClF3NO. The first-order valence-corrected chi connectivity index (χ1v) is 6.34. The molecule has 20 heavy (non-hydrogen) atoms. The van der Waals surface area contributed by atoms with Crippen molar-refractivity contribution in [3.8, 4) is 5.75 Å². The molecule has 1 aliphatic heterocycles. The largest absolute Gasteiger partial charge is 0.573 e. The fourth-order valence-electron chi connectivity index (χ4n) is 1.95. The Balaban J connectivity index is 2.19. The van der Waals surface area contributed by atoms with E-state index in [4.69, 9.17) is 11.6 Å². The van der Waals surface area contributed by atoms with Crippen molar-refractivity contribution in [1.29, 1.82) is 0 Å². The molecular weight excluding hydrogens is 291 g/mol. The summed E-state index contributed by atoms with van der Waals surface area (Å²) in [5, 5.41) is 0.526. The first-order valence-electron chi connectivity index (χ1n) is 5.96. The van der Waals surface area contributed by atoms with E-state index in [1.54, 1.807) is 18.3 Å². The van der Waals surface area contributed by atoms with Crippen molar-refractivity contribution in [2.45, 2.75) is 26.6 Å². The zero-order chi connectivity index (χ0) is 15.0. The van der Waals surface area contributed by atoms with Gasteiger partial charge in [-0.1, -0.05) is 37.6 Å². The Kier molecular flexibility index (Phi) is 3.82. The third-order valence-corrected chi connectivity index (χ3v) is 3.59. The van der Waals surface area contributed by atoms with Gasteiger partial charge < -0.3 is 4.74 Å². The third kappa shape index (κ3) is 3.54. The van der Waals surface area contributed by atoms with E-state index in [-0.39, 0.29) is 11.2 Å². The Morgan fingerprint density at radius 1 is 1.20 bits per heavy atom. The number of benzene rings is 1. The molecule has 0 unspecified atom stereocenters. The minimum absolute atomic E-state index is 0.238. The Morgan fingerprint density at radius 2 is 1.80 bits per heavy atom. The van der Waals surface area contributed by atoms with Gasteiger partial charge in [-0.05, 0) is 29.7 Å². The second-order valence-electron chi connectivity index (χ2n) is 5.21. The summed E-state index contributed by atoms with van der Waals surface area (Å²) in [7, 11) is 0. The van der Waals surface area contributed by atoms with Crippen molar-refractivity contribution in [2.75, 3.05) is 0 Å². The van der Waals surface area contributed by atoms with Crippen LogP contribution in [-0.4, -0.2) is 11.5 Å². The Hall–Kier alpha value is -1.49. The van der Waals surface area contributed by atoms with E-state index in [0.29, 0.717) is 11.6 Å². The predicted octanol–water partition coefficient (Wildman–Crippen LogP) is 4.99. The van der Waals surface area contributed by atoms with Gasteiger partial charge in [0.25, 0.3) is 0 Å². The lowest BCUT2D eigenvalue weighted by molar-refractivity contribution is -0.274. The van der Waals surface area contributed by atoms with Gasteiger partial charge in [0.05, 0.1) is 0 Å². The van der Waals surface area contributed by atoms with Gasteiger partial charge in [-0.15, -0.1) is 13.2 Å². The van der Waals surface area contributed by atoms with Crippen LogP contribution in [0.4, 0.5) is 13.2 Å². The number of hydrogen-bond acceptors (Lipinski definition) is 2. The fraction of sp³-hybridized carbons (Fsp3) is 0.357. The van der Waals surface area contributed by atoms with E-state index in [0.717, 1.165) is 11.1 Å². The van der Waals surface area contributed by atoms with E-state index in [1.165, 1.54) is 12.1 Å². The highest BCUT2D eigenvalue weighted by atomic mass is 35.5. The summed E-state index contributed by atoms with van der Waals surface area (Å²) in [5.41, 5.74) is 1.46. The van der Waals surface area contributed by atoms with E-state index < -0.39 is 6.36 Å². The zero-order valence-corrected chi connectivity index (χ0v) is 11.7. The minimum Gasteiger partial charge on any atom is -0.406 e. The van der Waals surface area contributed by atoms with Crippen LogP contribution in [-0.2, 0) is 0 Å². The molecule has 0 saturated heterocycles. The normalized spacial score (nSPS) is 18.3. The molecule has 1 aromatic rings. The quantitative estimate of drug-likeness (QED) is 0.754. The Morgan fingerprint density at radius 3 is 2.30 bits per heavy atom. The van der Waals surface area contributed by atoms with Crippen molar-refractivity contribution in [3.63, 3.8) is 0 Å². The van der Waals surface area contributed by atoms with Crippen molar-refractivity contribution in [1.82, 2.24) is 0 Å². The molecule has 108 valence electrons. The van der Waals surface area contributed by atoms with Crippen LogP contribution in [0, 0.1) is 5.41 Å². The number of halogens is 4. The molecule has 1 aromatic carbocycles. The monoisotopic (exact) mass is 303 g/mol. The number of nitrogens with zero attached hydrogens (tertiary/aromatic N) is 1. The molecule has 0 aliphatic carbocycles. The van der Waals surface area contributed by atoms with Crippen LogP contribution in [0.2, 0.25) is 0 Å². The number of alkyl halides is 3. The summed E-state index contributed by atoms with van der Waals surface area (Å²) < 4.78 is 40.1. The summed E-state index contributed by atoms with van der Waals surface area (Å²) in [6.07, 6.45) is -2.35. The second kappa shape index (κ2) is 5.13. The highest BCUT2D eigenvalue weighted by molar-refractivity contribution is 6.66. The van der Waals surface area contributed by atoms with Crippen molar-refractivity contribution in [3.05, 3.63) is 36.0 Å². The van der Waals surface area contributed by atoms with Crippen LogP contribution in [0.15, 0.2) is 35.5 Å². The van der Waals surface area contributed by atoms with Crippen molar-refractivity contribution < 1.29 is 17.9 Å². The zero-order valence-electron chi connectivity index (χ0n) is 11.0. The molecule has 1 aliphatic rings. The maximum Gasteiger partial charge on any atom is 0.573 e. The van der Waals surface area contributed by atoms with E-state index in [2.05, 4.69) is 9.73 Å². The highest BCUT2D eigenvalue weighted by Gasteiger charge is 2.31. The molecule has 2 rings (SSSR count). The molecule has 1 heterocycles. The van der Waals surface area contributed by atoms with Crippen LogP contribution in [0.5, 0.6) is 5.75 Å². The maximum absolute atomic E-state index is 12.1. The fourth-order valence-corrected chi connectivity index (χ4v) is 2.07. The van der Waals surface area contributed by atoms with Crippen molar-refractivity contribution >= 4 is 22.3 Å². The lowest BCUT2D eigenvalue weighted by Gasteiger charge is -2.27. The lowest BCUT2D eigenvalue weighted by atomic mass is 9.83. The third-order valence-electron chi connectivity index (χ3n) is 2.98. The van der Waals surface area contributed by atoms with Crippen LogP contribution in [0.1, 0.15) is 25.8 Å². The minimum atomic E-state index is -4.68. The smallest absolute Gasteiger partial charge is 0.406 e. The number of allylic oxidation sites excluding steroid dienone is 1. The van der Waals surface area contributed by atoms with Crippen LogP contribution in [0.25, 0.3) is 5.57 Å². The number of rotatable bonds is 2. The topological polar surface area (TPSA) is 21.6 Å². The lowest BCUT2D eigenvalue weighted by Crippen LogP contribution is -2.22. The number of ether oxygens (including phenoxy) is 1. The van der Waals surface area contributed by atoms with Gasteiger partial charge >= 0.3 is 6.36 Å². The van der Waals surface area contributed by atoms with Crippen molar-refractivity contribution in [2.24, 2.45) is 10.4 Å². The molecule has 0 bridgehead atoms. The highest BCUT2D eigenvalue weighted by Crippen LogP contribution is 2.37. The summed E-state index contributed by atoms with van der Waals surface area (Å²) >= 11 is 6.02. The maximum atomic E-state index is 12.1. The van der Waals surface area contributed by atoms with Gasteiger partial charge in [-0.25, -0.2) is 4.99 Å². The van der Waals surface area contributed by atoms with E-state index in [1.807, 2.05) is 13.8 Å². The van der Waals surface area contributed by atoms with Gasteiger partial charge in [-0.2, -0.15) is 0 Å². The van der Waals surface area contributed by atoms with Gasteiger partial charge in [0, 0.05) is 11.6 Å². The summed E-state index contributed by atoms with van der Waals surface area (Å²) in [6, 6.07) is 5.74. The molecule has 0 amide bonds. The molecule has 0 fully saturated rings. The van der Waals surface area contributed by atoms with Gasteiger partial charge in [0.2, 0.25) is 0 Å². The van der Waals surface area contributed by atoms with E-state index in [9.17, 15) is 13.2 Å². The van der Waals surface area contributed by atoms with E-state index >= 15 is 0 Å². The molecule has 6 heteroatoms. The molecule has 0 N–H and O–H groups in total. The predicted molar refractivity (Wildman–Crippen MR) is 72.8 cm³/mol.